The highest BCUT2D eigenvalue weighted by Crippen LogP contribution is 2.30. The lowest BCUT2D eigenvalue weighted by Crippen LogP contribution is -2.51. The fraction of sp³-hybridized carbons (Fsp3) is 0.480. The molecule has 0 saturated carbocycles. The van der Waals surface area contributed by atoms with E-state index in [0.29, 0.717) is 6.54 Å². The number of carbonyl (C=O) groups is 1. The minimum Gasteiger partial charge on any atom is -0.392 e. The summed E-state index contributed by atoms with van der Waals surface area (Å²) in [5, 5.41) is 29.0. The number of amides is 1. The molecule has 0 aliphatic carbocycles. The average molecular weight is 484 g/mol. The van der Waals surface area contributed by atoms with Crippen LogP contribution in [-0.4, -0.2) is 60.7 Å². The number of benzene rings is 1. The molecule has 1 aliphatic heterocycles. The number of hydrogen-bond acceptors (Lipinski definition) is 7. The molecule has 4 rings (SSSR count). The summed E-state index contributed by atoms with van der Waals surface area (Å²) < 4.78 is 1.76. The molecule has 0 spiro atoms. The van der Waals surface area contributed by atoms with Gasteiger partial charge in [-0.3, -0.25) is 14.4 Å². The standard InChI is InChI=1S/C25H33N5O3S/c1-15(2)22(30-12-16(3)10-28-30)25(33)29-13-20(31)9-21(29)24(32)26-11-18-5-7-19(8-6-18)23-17(4)27-14-34-23/h5-8,10,12,14-15,20-22,25,31,33H,9,11,13H2,1-4H3,(H,26,32). The maximum absolute atomic E-state index is 13.1. The molecular formula is C25H33N5O3S. The topological polar surface area (TPSA) is 104 Å². The molecule has 34 heavy (non-hydrogen) atoms. The van der Waals surface area contributed by atoms with Crippen LogP contribution in [0, 0.1) is 19.8 Å². The molecule has 4 unspecified atom stereocenters. The minimum absolute atomic E-state index is 0.0800. The number of nitrogens with zero attached hydrogens (tertiary/aromatic N) is 4. The highest BCUT2D eigenvalue weighted by atomic mass is 32.1. The van der Waals surface area contributed by atoms with Gasteiger partial charge in [-0.15, -0.1) is 11.3 Å². The van der Waals surface area contributed by atoms with Gasteiger partial charge in [0.15, 0.2) is 0 Å². The smallest absolute Gasteiger partial charge is 0.237 e. The zero-order valence-electron chi connectivity index (χ0n) is 20.0. The summed E-state index contributed by atoms with van der Waals surface area (Å²) in [7, 11) is 0. The molecule has 0 bridgehead atoms. The Kier molecular flexibility index (Phi) is 7.47. The second-order valence-electron chi connectivity index (χ2n) is 9.43. The quantitative estimate of drug-likeness (QED) is 0.455. The monoisotopic (exact) mass is 483 g/mol. The van der Waals surface area contributed by atoms with E-state index in [9.17, 15) is 15.0 Å². The second-order valence-corrected chi connectivity index (χ2v) is 10.3. The molecule has 1 aliphatic rings. The third-order valence-electron chi connectivity index (χ3n) is 6.41. The molecule has 8 nitrogen and oxygen atoms in total. The van der Waals surface area contributed by atoms with Crippen LogP contribution >= 0.6 is 11.3 Å². The van der Waals surface area contributed by atoms with E-state index in [0.717, 1.165) is 27.3 Å². The zero-order valence-corrected chi connectivity index (χ0v) is 20.9. The fourth-order valence-corrected chi connectivity index (χ4v) is 5.44. The van der Waals surface area contributed by atoms with Crippen LogP contribution in [0.1, 0.15) is 43.1 Å². The Morgan fingerprint density at radius 2 is 2.00 bits per heavy atom. The molecule has 9 heteroatoms. The largest absolute Gasteiger partial charge is 0.392 e. The molecule has 3 N–H and O–H groups in total. The van der Waals surface area contributed by atoms with Crippen molar-refractivity contribution in [3.63, 3.8) is 0 Å². The summed E-state index contributed by atoms with van der Waals surface area (Å²) in [5.74, 6) is -0.117. The van der Waals surface area contributed by atoms with Gasteiger partial charge in [0.2, 0.25) is 5.91 Å². The lowest BCUT2D eigenvalue weighted by atomic mass is 10.0. The number of aliphatic hydroxyl groups is 2. The number of nitrogens with one attached hydrogen (secondary N) is 1. The lowest BCUT2D eigenvalue weighted by molar-refractivity contribution is -0.132. The van der Waals surface area contributed by atoms with Gasteiger partial charge in [-0.05, 0) is 42.9 Å². The average Bonchev–Trinajstić information content (AvgIpc) is 3.52. The molecule has 1 fully saturated rings. The van der Waals surface area contributed by atoms with Crippen LogP contribution in [0.2, 0.25) is 0 Å². The van der Waals surface area contributed by atoms with Crippen molar-refractivity contribution in [1.82, 2.24) is 25.0 Å². The number of hydrogen-bond donors (Lipinski definition) is 3. The van der Waals surface area contributed by atoms with Crippen LogP contribution in [0.3, 0.4) is 0 Å². The van der Waals surface area contributed by atoms with Crippen molar-refractivity contribution in [2.24, 2.45) is 5.92 Å². The number of thiazole rings is 1. The van der Waals surface area contributed by atoms with Crippen molar-refractivity contribution in [3.8, 4) is 10.4 Å². The molecule has 1 aromatic carbocycles. The third kappa shape index (κ3) is 5.22. The van der Waals surface area contributed by atoms with Gasteiger partial charge < -0.3 is 15.5 Å². The minimum atomic E-state index is -0.950. The second kappa shape index (κ2) is 10.4. The van der Waals surface area contributed by atoms with Gasteiger partial charge in [0.25, 0.3) is 0 Å². The highest BCUT2D eigenvalue weighted by Gasteiger charge is 2.43. The van der Waals surface area contributed by atoms with Crippen LogP contribution in [0.25, 0.3) is 10.4 Å². The van der Waals surface area contributed by atoms with Crippen molar-refractivity contribution < 1.29 is 15.0 Å². The van der Waals surface area contributed by atoms with Gasteiger partial charge in [0, 0.05) is 19.3 Å². The van der Waals surface area contributed by atoms with Crippen molar-refractivity contribution >= 4 is 17.2 Å². The molecule has 1 amide bonds. The van der Waals surface area contributed by atoms with Crippen molar-refractivity contribution in [1.29, 1.82) is 0 Å². The number of rotatable bonds is 8. The van der Waals surface area contributed by atoms with Crippen LogP contribution in [0.15, 0.2) is 42.2 Å². The van der Waals surface area contributed by atoms with E-state index in [1.807, 2.05) is 63.7 Å². The first-order valence-corrected chi connectivity index (χ1v) is 12.5. The van der Waals surface area contributed by atoms with Crippen LogP contribution < -0.4 is 5.32 Å². The lowest BCUT2D eigenvalue weighted by Gasteiger charge is -2.35. The first-order valence-electron chi connectivity index (χ1n) is 11.6. The van der Waals surface area contributed by atoms with Crippen molar-refractivity contribution in [3.05, 3.63) is 59.0 Å². The van der Waals surface area contributed by atoms with E-state index in [4.69, 9.17) is 0 Å². The summed E-state index contributed by atoms with van der Waals surface area (Å²) >= 11 is 1.61. The van der Waals surface area contributed by atoms with Gasteiger partial charge in [-0.2, -0.15) is 5.10 Å². The Hall–Kier alpha value is -2.59. The fourth-order valence-electron chi connectivity index (χ4n) is 4.63. The Morgan fingerprint density at radius 1 is 1.26 bits per heavy atom. The SMILES string of the molecule is Cc1cnn(C(C(C)C)C(O)N2CC(O)CC2C(=O)NCc2ccc(-c3scnc3C)cc2)c1. The highest BCUT2D eigenvalue weighted by molar-refractivity contribution is 7.13. The molecule has 182 valence electrons. The maximum atomic E-state index is 13.1. The number of β-amino-alcohol motifs (C(OH)–C–C–N with tert-alkyl or cyclic N) is 1. The molecule has 1 saturated heterocycles. The molecule has 3 aromatic rings. The molecule has 4 atom stereocenters. The van der Waals surface area contributed by atoms with E-state index < -0.39 is 18.4 Å². The number of aryl methyl sites for hydroxylation is 2. The zero-order chi connectivity index (χ0) is 24.4. The van der Waals surface area contributed by atoms with Crippen LogP contribution in [0.5, 0.6) is 0 Å². The third-order valence-corrected chi connectivity index (χ3v) is 7.39. The summed E-state index contributed by atoms with van der Waals surface area (Å²) in [6.45, 7) is 8.60. The Morgan fingerprint density at radius 3 is 2.59 bits per heavy atom. The Balaban J connectivity index is 1.43. The maximum Gasteiger partial charge on any atom is 0.237 e. The predicted octanol–water partition coefficient (Wildman–Crippen LogP) is 2.89. The first kappa shape index (κ1) is 24.5. The number of aliphatic hydroxyl groups excluding tert-OH is 2. The number of likely N-dealkylation sites (tertiary alicyclic amines) is 1. The van der Waals surface area contributed by atoms with Gasteiger partial charge in [0.1, 0.15) is 6.23 Å². The molecule has 0 radical (unpaired) electrons. The Labute approximate surface area is 204 Å². The molecule has 3 heterocycles. The van der Waals surface area contributed by atoms with E-state index in [-0.39, 0.29) is 30.8 Å². The van der Waals surface area contributed by atoms with Gasteiger partial charge >= 0.3 is 0 Å². The molecular weight excluding hydrogens is 450 g/mol. The van der Waals surface area contributed by atoms with Crippen molar-refractivity contribution in [2.75, 3.05) is 6.54 Å². The van der Waals surface area contributed by atoms with Crippen LogP contribution in [0.4, 0.5) is 0 Å². The van der Waals surface area contributed by atoms with E-state index >= 15 is 0 Å². The normalized spacial score (nSPS) is 20.6. The van der Waals surface area contributed by atoms with E-state index in [1.165, 1.54) is 0 Å². The predicted molar refractivity (Wildman–Crippen MR) is 132 cm³/mol. The van der Waals surface area contributed by atoms with Crippen LogP contribution in [-0.2, 0) is 11.3 Å². The molecule has 2 aromatic heterocycles. The number of aromatic nitrogens is 3. The number of carbonyl (C=O) groups excluding carboxylic acids is 1. The summed E-state index contributed by atoms with van der Waals surface area (Å²) in [4.78, 5) is 20.3. The van der Waals surface area contributed by atoms with E-state index in [1.54, 1.807) is 27.1 Å². The van der Waals surface area contributed by atoms with Crippen molar-refractivity contribution in [2.45, 2.75) is 65.1 Å². The van der Waals surface area contributed by atoms with Gasteiger partial charge in [-0.25, -0.2) is 4.98 Å². The summed E-state index contributed by atoms with van der Waals surface area (Å²) in [6, 6.07) is 7.13. The van der Waals surface area contributed by atoms with E-state index in [2.05, 4.69) is 15.4 Å². The Bertz CT molecular complexity index is 1110. The van der Waals surface area contributed by atoms with Gasteiger partial charge in [-0.1, -0.05) is 38.1 Å². The summed E-state index contributed by atoms with van der Waals surface area (Å²) in [5.41, 5.74) is 5.94. The summed E-state index contributed by atoms with van der Waals surface area (Å²) in [6.07, 6.45) is 2.32. The first-order chi connectivity index (χ1) is 16.2. The van der Waals surface area contributed by atoms with Gasteiger partial charge in [0.05, 0.1) is 40.5 Å².